The van der Waals surface area contributed by atoms with Crippen LogP contribution < -0.4 is 10.0 Å². The maximum Gasteiger partial charge on any atom is 0.267 e. The molecule has 0 unspecified atom stereocenters. The Morgan fingerprint density at radius 1 is 1.19 bits per heavy atom. The van der Waals surface area contributed by atoms with Crippen LogP contribution in [0.25, 0.3) is 5.69 Å². The second-order valence-corrected chi connectivity index (χ2v) is 8.10. The number of anilines is 2. The van der Waals surface area contributed by atoms with Gasteiger partial charge in [-0.15, -0.1) is 16.4 Å². The lowest BCUT2D eigenvalue weighted by molar-refractivity contribution is 0.103. The van der Waals surface area contributed by atoms with Gasteiger partial charge in [0.1, 0.15) is 11.2 Å². The van der Waals surface area contributed by atoms with Crippen LogP contribution in [0.2, 0.25) is 0 Å². The summed E-state index contributed by atoms with van der Waals surface area (Å²) in [4.78, 5) is 13.0. The van der Waals surface area contributed by atoms with E-state index in [0.29, 0.717) is 28.4 Å². The Morgan fingerprint density at radius 3 is 2.58 bits per heavy atom. The molecule has 2 aromatic heterocycles. The van der Waals surface area contributed by atoms with Crippen LogP contribution in [0.15, 0.2) is 42.0 Å². The summed E-state index contributed by atoms with van der Waals surface area (Å²) >= 11 is 1.27. The van der Waals surface area contributed by atoms with Gasteiger partial charge in [0, 0.05) is 11.4 Å². The highest BCUT2D eigenvalue weighted by Crippen LogP contribution is 2.22. The quantitative estimate of drug-likeness (QED) is 0.636. The van der Waals surface area contributed by atoms with Gasteiger partial charge in [0.2, 0.25) is 10.0 Å². The predicted molar refractivity (Wildman–Crippen MR) is 99.1 cm³/mol. The molecule has 0 saturated heterocycles. The van der Waals surface area contributed by atoms with E-state index in [-0.39, 0.29) is 11.7 Å². The number of sulfonamides is 1. The average molecular weight is 392 g/mol. The molecule has 1 amide bonds. The van der Waals surface area contributed by atoms with E-state index >= 15 is 0 Å². The molecular formula is C15H16N6O3S2. The second kappa shape index (κ2) is 7.62. The standard InChI is InChI=1S/C15H16N6O3S2/c1-2-9-26(23,24)18-12-5-3-11(4-6-12)17-15(22)14-13(7-8-25-14)21-10-16-19-20-21/h3-8,10,18H,2,9H2,1H3,(H,17,22). The number of amides is 1. The third-order valence-electron chi connectivity index (χ3n) is 3.34. The van der Waals surface area contributed by atoms with E-state index in [0.717, 1.165) is 0 Å². The molecule has 0 aliphatic heterocycles. The maximum absolute atomic E-state index is 12.5. The Bertz CT molecular complexity index is 981. The van der Waals surface area contributed by atoms with Gasteiger partial charge in [0.25, 0.3) is 5.91 Å². The fourth-order valence-electron chi connectivity index (χ4n) is 2.23. The summed E-state index contributed by atoms with van der Waals surface area (Å²) in [6.07, 6.45) is 1.95. The summed E-state index contributed by atoms with van der Waals surface area (Å²) in [5.74, 6) is -0.242. The monoisotopic (exact) mass is 392 g/mol. The lowest BCUT2D eigenvalue weighted by Gasteiger charge is -2.09. The molecule has 3 aromatic rings. The van der Waals surface area contributed by atoms with Crippen LogP contribution >= 0.6 is 11.3 Å². The Balaban J connectivity index is 1.70. The number of hydrogen-bond donors (Lipinski definition) is 2. The number of carbonyl (C=O) groups is 1. The number of rotatable bonds is 7. The minimum absolute atomic E-state index is 0.0593. The zero-order chi connectivity index (χ0) is 18.6. The van der Waals surface area contributed by atoms with E-state index in [1.54, 1.807) is 42.6 Å². The number of nitrogens with zero attached hydrogens (tertiary/aromatic N) is 4. The molecule has 0 aliphatic rings. The van der Waals surface area contributed by atoms with Crippen LogP contribution in [0, 0.1) is 0 Å². The van der Waals surface area contributed by atoms with Gasteiger partial charge in [-0.2, -0.15) is 4.68 Å². The van der Waals surface area contributed by atoms with Gasteiger partial charge in [-0.3, -0.25) is 9.52 Å². The molecule has 0 fully saturated rings. The van der Waals surface area contributed by atoms with Crippen LogP contribution in [0.5, 0.6) is 0 Å². The first kappa shape index (κ1) is 18.0. The summed E-state index contributed by atoms with van der Waals surface area (Å²) in [5, 5.41) is 15.5. The predicted octanol–water partition coefficient (Wildman–Crippen LogP) is 2.13. The van der Waals surface area contributed by atoms with E-state index in [4.69, 9.17) is 0 Å². The van der Waals surface area contributed by atoms with E-state index in [2.05, 4.69) is 25.6 Å². The third kappa shape index (κ3) is 4.24. The highest BCUT2D eigenvalue weighted by Gasteiger charge is 2.16. The fourth-order valence-corrected chi connectivity index (χ4v) is 4.14. The molecular weight excluding hydrogens is 376 g/mol. The van der Waals surface area contributed by atoms with Crippen molar-refractivity contribution < 1.29 is 13.2 Å². The van der Waals surface area contributed by atoms with Crippen molar-refractivity contribution in [2.75, 3.05) is 15.8 Å². The molecule has 0 spiro atoms. The van der Waals surface area contributed by atoms with Crippen LogP contribution in [0.1, 0.15) is 23.0 Å². The van der Waals surface area contributed by atoms with Crippen LogP contribution in [-0.4, -0.2) is 40.3 Å². The SMILES string of the molecule is CCCS(=O)(=O)Nc1ccc(NC(=O)c2sccc2-n2cnnn2)cc1. The van der Waals surface area contributed by atoms with E-state index in [1.807, 2.05) is 0 Å². The number of benzene rings is 1. The zero-order valence-corrected chi connectivity index (χ0v) is 15.4. The Morgan fingerprint density at radius 2 is 1.92 bits per heavy atom. The molecule has 3 rings (SSSR count). The van der Waals surface area contributed by atoms with Crippen molar-refractivity contribution in [1.82, 2.24) is 20.2 Å². The van der Waals surface area contributed by atoms with Crippen molar-refractivity contribution in [3.05, 3.63) is 46.9 Å². The first-order valence-electron chi connectivity index (χ1n) is 7.71. The average Bonchev–Trinajstić information content (AvgIpc) is 3.27. The maximum atomic E-state index is 12.5. The van der Waals surface area contributed by atoms with E-state index < -0.39 is 10.0 Å². The van der Waals surface area contributed by atoms with Gasteiger partial charge in [-0.25, -0.2) is 8.42 Å². The van der Waals surface area contributed by atoms with Crippen molar-refractivity contribution in [3.8, 4) is 5.69 Å². The molecule has 0 atom stereocenters. The summed E-state index contributed by atoms with van der Waals surface area (Å²) in [5.41, 5.74) is 1.58. The first-order chi connectivity index (χ1) is 12.5. The Labute approximate surface area is 154 Å². The van der Waals surface area contributed by atoms with Gasteiger partial charge in [0.05, 0.1) is 11.4 Å². The van der Waals surface area contributed by atoms with E-state index in [9.17, 15) is 13.2 Å². The molecule has 26 heavy (non-hydrogen) atoms. The largest absolute Gasteiger partial charge is 0.321 e. The summed E-state index contributed by atoms with van der Waals surface area (Å²) < 4.78 is 27.4. The number of thiophene rings is 1. The Kier molecular flexibility index (Phi) is 5.28. The normalized spacial score (nSPS) is 11.3. The highest BCUT2D eigenvalue weighted by molar-refractivity contribution is 7.92. The molecule has 0 radical (unpaired) electrons. The van der Waals surface area contributed by atoms with Crippen LogP contribution in [0.3, 0.4) is 0 Å². The van der Waals surface area contributed by atoms with Gasteiger partial charge in [0.15, 0.2) is 0 Å². The molecule has 11 heteroatoms. The number of carbonyl (C=O) groups excluding carboxylic acids is 1. The van der Waals surface area contributed by atoms with Gasteiger partial charge in [-0.05, 0) is 52.6 Å². The summed E-state index contributed by atoms with van der Waals surface area (Å²) in [7, 11) is -3.34. The zero-order valence-electron chi connectivity index (χ0n) is 13.8. The summed E-state index contributed by atoms with van der Waals surface area (Å²) in [6, 6.07) is 8.21. The fraction of sp³-hybridized carbons (Fsp3) is 0.200. The van der Waals surface area contributed by atoms with Crippen molar-refractivity contribution in [2.24, 2.45) is 0 Å². The van der Waals surface area contributed by atoms with Gasteiger partial charge in [-0.1, -0.05) is 6.92 Å². The molecule has 1 aromatic carbocycles. The van der Waals surface area contributed by atoms with Crippen molar-refractivity contribution in [3.63, 3.8) is 0 Å². The van der Waals surface area contributed by atoms with E-state index in [1.165, 1.54) is 22.3 Å². The molecule has 136 valence electrons. The van der Waals surface area contributed by atoms with Crippen LogP contribution in [-0.2, 0) is 10.0 Å². The lowest BCUT2D eigenvalue weighted by Crippen LogP contribution is -2.16. The minimum Gasteiger partial charge on any atom is -0.321 e. The number of aromatic nitrogens is 4. The second-order valence-electron chi connectivity index (χ2n) is 5.34. The molecule has 0 bridgehead atoms. The van der Waals surface area contributed by atoms with Crippen molar-refractivity contribution in [2.45, 2.75) is 13.3 Å². The third-order valence-corrected chi connectivity index (χ3v) is 5.73. The molecule has 2 N–H and O–H groups in total. The highest BCUT2D eigenvalue weighted by atomic mass is 32.2. The smallest absolute Gasteiger partial charge is 0.267 e. The Hall–Kier alpha value is -2.79. The molecule has 2 heterocycles. The van der Waals surface area contributed by atoms with Crippen molar-refractivity contribution >= 4 is 38.6 Å². The van der Waals surface area contributed by atoms with Gasteiger partial charge >= 0.3 is 0 Å². The first-order valence-corrected chi connectivity index (χ1v) is 10.2. The molecule has 9 nitrogen and oxygen atoms in total. The van der Waals surface area contributed by atoms with Crippen LogP contribution in [0.4, 0.5) is 11.4 Å². The number of tetrazole rings is 1. The minimum atomic E-state index is -3.34. The molecule has 0 aliphatic carbocycles. The number of hydrogen-bond acceptors (Lipinski definition) is 7. The lowest BCUT2D eigenvalue weighted by atomic mass is 10.3. The molecule has 0 saturated carbocycles. The number of nitrogens with one attached hydrogen (secondary N) is 2. The van der Waals surface area contributed by atoms with Gasteiger partial charge < -0.3 is 5.32 Å². The topological polar surface area (TPSA) is 119 Å². The summed E-state index contributed by atoms with van der Waals surface area (Å²) in [6.45, 7) is 1.80. The van der Waals surface area contributed by atoms with Crippen molar-refractivity contribution in [1.29, 1.82) is 0 Å².